The average Bonchev–Trinajstić information content (AvgIpc) is 1.63. The standard InChI is InChI=1S/C6H10O3/c1-4(5(2)7)3-6(8)9/h4H,3H2,1-2H3,(H,8,9)/p-1. The van der Waals surface area contributed by atoms with E-state index in [9.17, 15) is 14.7 Å². The molecule has 0 saturated heterocycles. The van der Waals surface area contributed by atoms with Crippen LogP contribution in [0.1, 0.15) is 20.3 Å². The monoisotopic (exact) mass is 129 g/mol. The Kier molecular flexibility index (Phi) is 2.91. The SMILES string of the molecule is CC(=O)C(C)CC(=O)[O-]. The molecule has 3 heteroatoms. The van der Waals surface area contributed by atoms with E-state index in [1.165, 1.54) is 6.92 Å². The van der Waals surface area contributed by atoms with Crippen LogP contribution in [0.25, 0.3) is 0 Å². The minimum Gasteiger partial charge on any atom is -0.550 e. The summed E-state index contributed by atoms with van der Waals surface area (Å²) in [4.78, 5) is 20.2. The predicted octanol–water partition coefficient (Wildman–Crippen LogP) is -0.649. The van der Waals surface area contributed by atoms with E-state index in [0.717, 1.165) is 0 Å². The van der Waals surface area contributed by atoms with E-state index >= 15 is 0 Å². The predicted molar refractivity (Wildman–Crippen MR) is 29.5 cm³/mol. The summed E-state index contributed by atoms with van der Waals surface area (Å²) in [6, 6.07) is 0. The molecule has 0 fully saturated rings. The van der Waals surface area contributed by atoms with Crippen molar-refractivity contribution in [3.05, 3.63) is 0 Å². The van der Waals surface area contributed by atoms with E-state index in [-0.39, 0.29) is 12.2 Å². The molecule has 0 aliphatic heterocycles. The molecule has 1 unspecified atom stereocenters. The van der Waals surface area contributed by atoms with Crippen molar-refractivity contribution in [1.29, 1.82) is 0 Å². The lowest BCUT2D eigenvalue weighted by Crippen LogP contribution is -2.26. The first kappa shape index (κ1) is 8.14. The van der Waals surface area contributed by atoms with Gasteiger partial charge < -0.3 is 9.90 Å². The van der Waals surface area contributed by atoms with Gasteiger partial charge in [-0.25, -0.2) is 0 Å². The Bertz CT molecular complexity index is 128. The first-order chi connectivity index (χ1) is 4.04. The summed E-state index contributed by atoms with van der Waals surface area (Å²) in [6.45, 7) is 2.94. The summed E-state index contributed by atoms with van der Waals surface area (Å²) in [6.07, 6.45) is -0.171. The number of hydrogen-bond acceptors (Lipinski definition) is 3. The van der Waals surface area contributed by atoms with Crippen LogP contribution in [-0.4, -0.2) is 11.8 Å². The lowest BCUT2D eigenvalue weighted by atomic mass is 10.0. The molecule has 52 valence electrons. The van der Waals surface area contributed by atoms with Crippen molar-refractivity contribution in [2.45, 2.75) is 20.3 Å². The second-order valence-electron chi connectivity index (χ2n) is 2.09. The van der Waals surface area contributed by atoms with Crippen LogP contribution in [0.4, 0.5) is 0 Å². The molecule has 0 aromatic rings. The lowest BCUT2D eigenvalue weighted by Gasteiger charge is -2.06. The molecule has 0 heterocycles. The molecule has 3 nitrogen and oxygen atoms in total. The van der Waals surface area contributed by atoms with Crippen molar-refractivity contribution in [3.63, 3.8) is 0 Å². The zero-order valence-electron chi connectivity index (χ0n) is 5.51. The Morgan fingerprint density at radius 3 is 2.11 bits per heavy atom. The van der Waals surface area contributed by atoms with Gasteiger partial charge in [-0.2, -0.15) is 0 Å². The molecule has 0 radical (unpaired) electrons. The normalized spacial score (nSPS) is 12.7. The molecule has 9 heavy (non-hydrogen) atoms. The Balaban J connectivity index is 3.63. The van der Waals surface area contributed by atoms with Gasteiger partial charge in [0.1, 0.15) is 5.78 Å². The summed E-state index contributed by atoms with van der Waals surface area (Å²) < 4.78 is 0. The second-order valence-corrected chi connectivity index (χ2v) is 2.09. The highest BCUT2D eigenvalue weighted by Gasteiger charge is 2.06. The maximum atomic E-state index is 10.4. The van der Waals surface area contributed by atoms with Crippen molar-refractivity contribution in [3.8, 4) is 0 Å². The van der Waals surface area contributed by atoms with Gasteiger partial charge in [-0.05, 0) is 13.3 Å². The van der Waals surface area contributed by atoms with E-state index in [1.807, 2.05) is 0 Å². The molecule has 0 aliphatic carbocycles. The Morgan fingerprint density at radius 1 is 1.56 bits per heavy atom. The molecular weight excluding hydrogens is 120 g/mol. The van der Waals surface area contributed by atoms with Crippen molar-refractivity contribution in [2.75, 3.05) is 0 Å². The number of Topliss-reactive ketones (excluding diaryl/α,β-unsaturated/α-hetero) is 1. The van der Waals surface area contributed by atoms with Gasteiger partial charge in [0.05, 0.1) is 0 Å². The largest absolute Gasteiger partial charge is 0.550 e. The molecule has 0 aliphatic rings. The van der Waals surface area contributed by atoms with E-state index in [1.54, 1.807) is 6.92 Å². The summed E-state index contributed by atoms with van der Waals surface area (Å²) in [5, 5.41) is 9.85. The lowest BCUT2D eigenvalue weighted by molar-refractivity contribution is -0.306. The van der Waals surface area contributed by atoms with Gasteiger partial charge in [0.15, 0.2) is 0 Å². The van der Waals surface area contributed by atoms with Gasteiger partial charge in [-0.1, -0.05) is 6.92 Å². The second kappa shape index (κ2) is 3.22. The average molecular weight is 129 g/mol. The number of rotatable bonds is 3. The third-order valence-corrected chi connectivity index (χ3v) is 1.17. The topological polar surface area (TPSA) is 57.2 Å². The molecule has 0 rings (SSSR count). The van der Waals surface area contributed by atoms with E-state index < -0.39 is 11.9 Å². The van der Waals surface area contributed by atoms with Crippen LogP contribution in [0.5, 0.6) is 0 Å². The number of hydrogen-bond donors (Lipinski definition) is 0. The fourth-order valence-corrected chi connectivity index (χ4v) is 0.394. The van der Waals surface area contributed by atoms with Crippen LogP contribution < -0.4 is 5.11 Å². The summed E-state index contributed by atoms with van der Waals surface area (Å²) in [5.41, 5.74) is 0. The van der Waals surface area contributed by atoms with Gasteiger partial charge in [0, 0.05) is 11.9 Å². The van der Waals surface area contributed by atoms with E-state index in [4.69, 9.17) is 0 Å². The molecule has 0 N–H and O–H groups in total. The number of ketones is 1. The maximum absolute atomic E-state index is 10.4. The number of carbonyl (C=O) groups is 2. The molecule has 1 atom stereocenters. The first-order valence-electron chi connectivity index (χ1n) is 2.74. The van der Waals surface area contributed by atoms with Crippen LogP contribution in [0.15, 0.2) is 0 Å². The van der Waals surface area contributed by atoms with Crippen LogP contribution in [0.3, 0.4) is 0 Å². The first-order valence-corrected chi connectivity index (χ1v) is 2.74. The summed E-state index contributed by atoms with van der Waals surface area (Å²) in [7, 11) is 0. The molecule has 0 saturated carbocycles. The smallest absolute Gasteiger partial charge is 0.133 e. The zero-order chi connectivity index (χ0) is 7.44. The molecule has 0 spiro atoms. The molecular formula is C6H9O3-. The third-order valence-electron chi connectivity index (χ3n) is 1.17. The highest BCUT2D eigenvalue weighted by atomic mass is 16.4. The molecule has 0 aromatic carbocycles. The Morgan fingerprint density at radius 2 is 2.00 bits per heavy atom. The fraction of sp³-hybridized carbons (Fsp3) is 0.667. The number of carboxylic acid groups (broad SMARTS) is 1. The molecule has 0 amide bonds. The van der Waals surface area contributed by atoms with Crippen molar-refractivity contribution < 1.29 is 14.7 Å². The van der Waals surface area contributed by atoms with Crippen molar-refractivity contribution in [2.24, 2.45) is 5.92 Å². The maximum Gasteiger partial charge on any atom is 0.133 e. The van der Waals surface area contributed by atoms with E-state index in [2.05, 4.69) is 0 Å². The molecule has 0 aromatic heterocycles. The fourth-order valence-electron chi connectivity index (χ4n) is 0.394. The zero-order valence-corrected chi connectivity index (χ0v) is 5.51. The van der Waals surface area contributed by atoms with Crippen LogP contribution in [0.2, 0.25) is 0 Å². The van der Waals surface area contributed by atoms with E-state index in [0.29, 0.717) is 0 Å². The third kappa shape index (κ3) is 3.70. The Hall–Kier alpha value is -0.860. The number of carbonyl (C=O) groups excluding carboxylic acids is 2. The van der Waals surface area contributed by atoms with Crippen LogP contribution in [-0.2, 0) is 9.59 Å². The highest BCUT2D eigenvalue weighted by molar-refractivity contribution is 5.81. The quantitative estimate of drug-likeness (QED) is 0.509. The summed E-state index contributed by atoms with van der Waals surface area (Å²) in [5.74, 6) is -1.69. The van der Waals surface area contributed by atoms with Gasteiger partial charge in [0.25, 0.3) is 0 Å². The minimum atomic E-state index is -1.17. The van der Waals surface area contributed by atoms with Gasteiger partial charge in [-0.15, -0.1) is 0 Å². The van der Waals surface area contributed by atoms with Gasteiger partial charge in [0.2, 0.25) is 0 Å². The van der Waals surface area contributed by atoms with Crippen LogP contribution in [0, 0.1) is 5.92 Å². The Labute approximate surface area is 53.7 Å². The minimum absolute atomic E-state index is 0.112. The van der Waals surface area contributed by atoms with Crippen molar-refractivity contribution in [1.82, 2.24) is 0 Å². The summed E-state index contributed by atoms with van der Waals surface area (Å²) >= 11 is 0. The van der Waals surface area contributed by atoms with Gasteiger partial charge >= 0.3 is 0 Å². The van der Waals surface area contributed by atoms with Crippen molar-refractivity contribution >= 4 is 11.8 Å². The van der Waals surface area contributed by atoms with Crippen LogP contribution >= 0.6 is 0 Å². The number of aliphatic carboxylic acids is 1. The highest BCUT2D eigenvalue weighted by Crippen LogP contribution is 2.00. The molecule has 0 bridgehead atoms. The van der Waals surface area contributed by atoms with Gasteiger partial charge in [-0.3, -0.25) is 4.79 Å². The number of carboxylic acids is 1.